The van der Waals surface area contributed by atoms with Gasteiger partial charge in [-0.3, -0.25) is 0 Å². The summed E-state index contributed by atoms with van der Waals surface area (Å²) in [6.07, 6.45) is 33.2. The van der Waals surface area contributed by atoms with Crippen molar-refractivity contribution in [2.24, 2.45) is 10.8 Å². The summed E-state index contributed by atoms with van der Waals surface area (Å²) in [5.74, 6) is 4.71. The van der Waals surface area contributed by atoms with Gasteiger partial charge in [-0.1, -0.05) is 41.5 Å². The molecule has 0 aromatic carbocycles. The van der Waals surface area contributed by atoms with E-state index in [1.165, 1.54) is 0 Å². The van der Waals surface area contributed by atoms with Crippen LogP contribution < -0.4 is 0 Å². The molecular formula is C22H28Ti. The first-order valence-corrected chi connectivity index (χ1v) is 7.33. The first-order valence-electron chi connectivity index (χ1n) is 7.33. The molecule has 0 nitrogen and oxygen atoms in total. The molecule has 0 spiro atoms. The topological polar surface area (TPSA) is 0 Å². The summed E-state index contributed by atoms with van der Waals surface area (Å²) in [6.45, 7) is 11.7. The Kier molecular flexibility index (Phi) is 20.1. The quantitative estimate of drug-likeness (QED) is 0.319. The molecule has 2 rings (SSSR count). The van der Waals surface area contributed by atoms with Gasteiger partial charge in [-0.15, -0.1) is 0 Å². The summed E-state index contributed by atoms with van der Waals surface area (Å²) >= 11 is 0. The molecule has 2 saturated carbocycles. The fourth-order valence-corrected chi connectivity index (χ4v) is 0.642. The average molecular weight is 340 g/mol. The Hall–Kier alpha value is -0.166. The first kappa shape index (κ1) is 27.7. The Morgan fingerprint density at radius 1 is 0.478 bits per heavy atom. The molecule has 120 valence electrons. The number of hydrogen-bond donors (Lipinski definition) is 0. The van der Waals surface area contributed by atoms with Crippen molar-refractivity contribution in [3.63, 3.8) is 0 Å². The molecule has 2 fully saturated rings. The standard InChI is InChI=1S/2C6H9.2C5H5.Ti/c2*1-5-6(2,3)4;2*1-2-4-5-3-1;/h2*2-4H3;2*1-5H;/q2*-1;;;+2. The minimum Gasteiger partial charge on any atom is -0.693 e. The van der Waals surface area contributed by atoms with Gasteiger partial charge in [0.2, 0.25) is 0 Å². The van der Waals surface area contributed by atoms with E-state index in [-0.39, 0.29) is 32.5 Å². The van der Waals surface area contributed by atoms with Crippen molar-refractivity contribution in [3.8, 4) is 11.8 Å². The third-order valence-corrected chi connectivity index (χ3v) is 1.86. The van der Waals surface area contributed by atoms with E-state index in [0.29, 0.717) is 0 Å². The van der Waals surface area contributed by atoms with Crippen LogP contribution in [0.5, 0.6) is 0 Å². The zero-order chi connectivity index (χ0) is 17.5. The minimum atomic E-state index is -0.0417. The largest absolute Gasteiger partial charge is 2.00 e. The third kappa shape index (κ3) is 34.3. The van der Waals surface area contributed by atoms with Crippen LogP contribution in [0.25, 0.3) is 0 Å². The molecule has 0 heterocycles. The van der Waals surface area contributed by atoms with Crippen LogP contribution in [0.3, 0.4) is 0 Å². The molecule has 0 aliphatic heterocycles. The second kappa shape index (κ2) is 16.7. The maximum Gasteiger partial charge on any atom is 2.00 e. The molecule has 0 saturated heterocycles. The van der Waals surface area contributed by atoms with Crippen LogP contribution in [-0.2, 0) is 21.7 Å². The van der Waals surface area contributed by atoms with Crippen molar-refractivity contribution in [2.45, 2.75) is 41.5 Å². The summed E-state index contributed by atoms with van der Waals surface area (Å²) < 4.78 is 0. The molecule has 2 aliphatic carbocycles. The first-order chi connectivity index (χ1) is 10.1. The maximum absolute atomic E-state index is 6.60. The van der Waals surface area contributed by atoms with E-state index in [1.807, 2.05) is 106 Å². The van der Waals surface area contributed by atoms with Gasteiger partial charge < -0.3 is 24.7 Å². The van der Waals surface area contributed by atoms with Crippen molar-refractivity contribution in [1.82, 2.24) is 0 Å². The molecule has 0 N–H and O–H groups in total. The van der Waals surface area contributed by atoms with Crippen LogP contribution in [0.1, 0.15) is 41.5 Å². The molecule has 0 amide bonds. The molecule has 10 radical (unpaired) electrons. The fraction of sp³-hybridized carbons (Fsp3) is 0.364. The average Bonchev–Trinajstić information content (AvgIpc) is 3.15. The van der Waals surface area contributed by atoms with E-state index < -0.39 is 0 Å². The molecule has 1 heteroatoms. The normalized spacial score (nSPS) is 15.8. The van der Waals surface area contributed by atoms with Gasteiger partial charge in [-0.05, 0) is 75.0 Å². The summed E-state index contributed by atoms with van der Waals surface area (Å²) in [5, 5.41) is 0. The van der Waals surface area contributed by atoms with Crippen LogP contribution in [0, 0.1) is 99.7 Å². The number of rotatable bonds is 0. The van der Waals surface area contributed by atoms with Crippen molar-refractivity contribution in [3.05, 3.63) is 77.1 Å². The van der Waals surface area contributed by atoms with Gasteiger partial charge in [0.1, 0.15) is 0 Å². The molecule has 0 bridgehead atoms. The van der Waals surface area contributed by atoms with Gasteiger partial charge in [0.05, 0.1) is 0 Å². The van der Waals surface area contributed by atoms with Crippen LogP contribution in [0.15, 0.2) is 0 Å². The molecule has 0 unspecified atom stereocenters. The Balaban J connectivity index is -0.000000229. The zero-order valence-corrected chi connectivity index (χ0v) is 16.8. The molecule has 0 aromatic rings. The molecule has 23 heavy (non-hydrogen) atoms. The van der Waals surface area contributed by atoms with Crippen LogP contribution in [-0.4, -0.2) is 0 Å². The van der Waals surface area contributed by atoms with Gasteiger partial charge in [0, 0.05) is 0 Å². The zero-order valence-electron chi connectivity index (χ0n) is 15.3. The van der Waals surface area contributed by atoms with Gasteiger partial charge in [-0.25, -0.2) is 0 Å². The van der Waals surface area contributed by atoms with E-state index in [4.69, 9.17) is 12.8 Å². The van der Waals surface area contributed by atoms with Crippen LogP contribution >= 0.6 is 0 Å². The predicted molar refractivity (Wildman–Crippen MR) is 96.2 cm³/mol. The summed E-state index contributed by atoms with van der Waals surface area (Å²) in [6, 6.07) is 0. The monoisotopic (exact) mass is 340 g/mol. The van der Waals surface area contributed by atoms with E-state index >= 15 is 0 Å². The van der Waals surface area contributed by atoms with E-state index in [0.717, 1.165) is 0 Å². The summed E-state index contributed by atoms with van der Waals surface area (Å²) in [5.41, 5.74) is -0.0833. The van der Waals surface area contributed by atoms with E-state index in [2.05, 4.69) is 11.8 Å². The Bertz CT molecular complexity index is 257. The van der Waals surface area contributed by atoms with Crippen molar-refractivity contribution >= 4 is 0 Å². The smallest absolute Gasteiger partial charge is 0.693 e. The van der Waals surface area contributed by atoms with Crippen LogP contribution in [0.4, 0.5) is 0 Å². The Morgan fingerprint density at radius 2 is 0.565 bits per heavy atom. The molecular weight excluding hydrogens is 312 g/mol. The SMILES string of the molecule is [C-]#CC(C)(C)C.[C-]#CC(C)(C)C.[CH]1[CH][CH][CH][CH]1.[CH]1[CH][CH][CH][CH]1.[Ti+2]. The minimum absolute atomic E-state index is 0. The van der Waals surface area contributed by atoms with Crippen molar-refractivity contribution in [2.75, 3.05) is 0 Å². The molecule has 0 atom stereocenters. The molecule has 2 aliphatic rings. The Morgan fingerprint density at radius 3 is 0.609 bits per heavy atom. The van der Waals surface area contributed by atoms with Gasteiger partial charge >= 0.3 is 21.7 Å². The summed E-state index contributed by atoms with van der Waals surface area (Å²) in [7, 11) is 0. The Labute approximate surface area is 162 Å². The second-order valence-corrected chi connectivity index (χ2v) is 6.67. The third-order valence-electron chi connectivity index (χ3n) is 1.86. The fourth-order valence-electron chi connectivity index (χ4n) is 0.642. The van der Waals surface area contributed by atoms with Crippen molar-refractivity contribution < 1.29 is 21.7 Å². The van der Waals surface area contributed by atoms with E-state index in [9.17, 15) is 0 Å². The van der Waals surface area contributed by atoms with Crippen molar-refractivity contribution in [1.29, 1.82) is 0 Å². The van der Waals surface area contributed by atoms with Crippen LogP contribution in [0.2, 0.25) is 0 Å². The maximum atomic E-state index is 6.60. The second-order valence-electron chi connectivity index (χ2n) is 6.67. The van der Waals surface area contributed by atoms with E-state index in [1.54, 1.807) is 0 Å². The summed E-state index contributed by atoms with van der Waals surface area (Å²) in [4.78, 5) is 0. The van der Waals surface area contributed by atoms with Gasteiger partial charge in [-0.2, -0.15) is 0 Å². The van der Waals surface area contributed by atoms with Gasteiger partial charge in [0.15, 0.2) is 0 Å². The molecule has 0 aromatic heterocycles. The number of hydrogen-bond acceptors (Lipinski definition) is 0. The van der Waals surface area contributed by atoms with Gasteiger partial charge in [0.25, 0.3) is 0 Å². The predicted octanol–water partition coefficient (Wildman–Crippen LogP) is 5.28.